The van der Waals surface area contributed by atoms with E-state index >= 15 is 0 Å². The molecule has 0 bridgehead atoms. The Labute approximate surface area is 184 Å². The third-order valence-corrected chi connectivity index (χ3v) is 4.51. The van der Waals surface area contributed by atoms with Gasteiger partial charge in [0.1, 0.15) is 12.7 Å². The molecule has 1 unspecified atom stereocenters. The number of unbranched alkanes of at least 4 members (excludes halogenated alkanes) is 8. The Balaban J connectivity index is 3.61. The first-order valence-corrected chi connectivity index (χ1v) is 11.5. The molecule has 0 N–H and O–H groups in total. The van der Waals surface area contributed by atoms with Crippen LogP contribution in [0.2, 0.25) is 0 Å². The van der Waals surface area contributed by atoms with Gasteiger partial charge in [0.05, 0.1) is 0 Å². The Morgan fingerprint density at radius 2 is 1.63 bits per heavy atom. The number of allylic oxidation sites excluding steroid dienone is 4. The minimum Gasteiger partial charge on any atom is -0.459 e. The molecule has 1 atom stereocenters. The zero-order chi connectivity index (χ0) is 22.1. The van der Waals surface area contributed by atoms with E-state index in [-0.39, 0.29) is 18.7 Å². The molecule has 0 amide bonds. The summed E-state index contributed by atoms with van der Waals surface area (Å²) in [5.74, 6) is -0.199. The fraction of sp³-hybridized carbons (Fsp3) is 0.615. The third-order valence-electron chi connectivity index (χ3n) is 4.51. The van der Waals surface area contributed by atoms with Crippen molar-refractivity contribution < 1.29 is 19.3 Å². The van der Waals surface area contributed by atoms with Crippen LogP contribution >= 0.6 is 0 Å². The maximum atomic E-state index is 12.0. The highest BCUT2D eigenvalue weighted by molar-refractivity contribution is 5.69. The first-order chi connectivity index (χ1) is 14.7. The predicted octanol–water partition coefficient (Wildman–Crippen LogP) is 7.53. The molecule has 0 spiro atoms. The number of esters is 1. The van der Waals surface area contributed by atoms with Gasteiger partial charge < -0.3 is 9.62 Å². The van der Waals surface area contributed by atoms with Crippen LogP contribution in [0.4, 0.5) is 0 Å². The van der Waals surface area contributed by atoms with Gasteiger partial charge in [0, 0.05) is 12.8 Å². The van der Waals surface area contributed by atoms with Crippen LogP contribution < -0.4 is 0 Å². The molecule has 0 aliphatic rings. The van der Waals surface area contributed by atoms with Crippen molar-refractivity contribution in [3.63, 3.8) is 0 Å². The molecular weight excluding hydrogens is 376 g/mol. The van der Waals surface area contributed by atoms with Crippen LogP contribution in [0.3, 0.4) is 0 Å². The maximum Gasteiger partial charge on any atom is 0.306 e. The fourth-order valence-electron chi connectivity index (χ4n) is 2.84. The molecule has 0 aromatic carbocycles. The quantitative estimate of drug-likeness (QED) is 0.0367. The largest absolute Gasteiger partial charge is 0.459 e. The lowest BCUT2D eigenvalue weighted by molar-refractivity contribution is -0.263. The van der Waals surface area contributed by atoms with Crippen molar-refractivity contribution in [2.75, 3.05) is 6.61 Å². The number of carbonyl (C=O) groups excluding carboxylic acids is 1. The van der Waals surface area contributed by atoms with Gasteiger partial charge in [-0.2, -0.15) is 4.89 Å². The molecule has 0 aliphatic heterocycles. The molecule has 0 aromatic heterocycles. The zero-order valence-electron chi connectivity index (χ0n) is 19.0. The Morgan fingerprint density at radius 1 is 0.967 bits per heavy atom. The van der Waals surface area contributed by atoms with E-state index < -0.39 is 0 Å². The van der Waals surface area contributed by atoms with E-state index in [9.17, 15) is 4.79 Å². The molecule has 0 radical (unpaired) electrons. The molecule has 0 rings (SSSR count). The highest BCUT2D eigenvalue weighted by Crippen LogP contribution is 2.10. The summed E-state index contributed by atoms with van der Waals surface area (Å²) in [5, 5.41) is 0. The molecule has 0 heterocycles. The topological polar surface area (TPSA) is 44.8 Å². The van der Waals surface area contributed by atoms with Gasteiger partial charge >= 0.3 is 5.97 Å². The summed E-state index contributed by atoms with van der Waals surface area (Å²) in [5.41, 5.74) is 2.43. The first-order valence-electron chi connectivity index (χ1n) is 11.5. The fourth-order valence-corrected chi connectivity index (χ4v) is 2.84. The van der Waals surface area contributed by atoms with E-state index in [1.807, 2.05) is 0 Å². The van der Waals surface area contributed by atoms with Crippen molar-refractivity contribution in [1.29, 1.82) is 0 Å². The Kier molecular flexibility index (Phi) is 21.7. The van der Waals surface area contributed by atoms with Crippen molar-refractivity contribution >= 4 is 5.97 Å². The van der Waals surface area contributed by atoms with Crippen LogP contribution in [0.15, 0.2) is 55.5 Å². The van der Waals surface area contributed by atoms with Crippen LogP contribution in [0.5, 0.6) is 0 Å². The third kappa shape index (κ3) is 20.7. The smallest absolute Gasteiger partial charge is 0.306 e. The molecule has 170 valence electrons. The molecule has 0 fully saturated rings. The molecule has 4 heteroatoms. The molecular formula is C26H42O4. The van der Waals surface area contributed by atoms with Crippen molar-refractivity contribution in [3.05, 3.63) is 55.5 Å². The van der Waals surface area contributed by atoms with Gasteiger partial charge in [0.15, 0.2) is 6.26 Å². The molecule has 0 aliphatic carbocycles. The lowest BCUT2D eigenvalue weighted by atomic mass is 10.1. The van der Waals surface area contributed by atoms with Crippen LogP contribution in [0.1, 0.15) is 90.4 Å². The number of hydrogen-bond acceptors (Lipinski definition) is 4. The van der Waals surface area contributed by atoms with E-state index in [0.29, 0.717) is 12.8 Å². The summed E-state index contributed by atoms with van der Waals surface area (Å²) in [6.07, 6.45) is 25.4. The molecule has 0 aromatic rings. The van der Waals surface area contributed by atoms with Crippen molar-refractivity contribution in [2.24, 2.45) is 0 Å². The van der Waals surface area contributed by atoms with Gasteiger partial charge in [0.25, 0.3) is 0 Å². The summed E-state index contributed by atoms with van der Waals surface area (Å²) in [7, 11) is 0. The van der Waals surface area contributed by atoms with Gasteiger partial charge in [-0.3, -0.25) is 4.79 Å². The van der Waals surface area contributed by atoms with Crippen LogP contribution in [0.25, 0.3) is 0 Å². The van der Waals surface area contributed by atoms with Crippen molar-refractivity contribution in [2.45, 2.75) is 96.5 Å². The highest BCUT2D eigenvalue weighted by Gasteiger charge is 2.13. The normalized spacial score (nSPS) is 12.0. The lowest BCUT2D eigenvalue weighted by Crippen LogP contribution is -2.22. The second kappa shape index (κ2) is 23.3. The lowest BCUT2D eigenvalue weighted by Gasteiger charge is -2.15. The van der Waals surface area contributed by atoms with Gasteiger partial charge in [-0.25, -0.2) is 0 Å². The number of hydrogen-bond donors (Lipinski definition) is 0. The van der Waals surface area contributed by atoms with Crippen LogP contribution in [-0.2, 0) is 19.3 Å². The predicted molar refractivity (Wildman–Crippen MR) is 125 cm³/mol. The summed E-state index contributed by atoms with van der Waals surface area (Å²) in [6.45, 7) is 9.42. The van der Waals surface area contributed by atoms with E-state index in [0.717, 1.165) is 32.1 Å². The molecule has 0 saturated heterocycles. The SMILES string of the molecule is C=C=COOCC(CC=C)OC(=O)CCCCCCC/C=C/C/C=C/CCCCC. The average Bonchev–Trinajstić information content (AvgIpc) is 2.74. The van der Waals surface area contributed by atoms with Gasteiger partial charge in [0.2, 0.25) is 0 Å². The number of carbonyl (C=O) groups is 1. The standard InChI is InChI=1S/C26H42O4/c1-4-7-8-9-10-11-12-13-14-15-16-17-18-19-20-22-26(27)30-25(21-5-2)24-29-28-23-6-3/h5,10-11,13-14,23,25H,2-4,7-9,12,15-22,24H2,1H3/b11-10+,14-13+. The maximum absolute atomic E-state index is 12.0. The van der Waals surface area contributed by atoms with Gasteiger partial charge in [-0.15, -0.1) is 6.58 Å². The Hall–Kier alpha value is -2.03. The second-order valence-corrected chi connectivity index (χ2v) is 7.32. The zero-order valence-corrected chi connectivity index (χ0v) is 19.0. The summed E-state index contributed by atoms with van der Waals surface area (Å²) >= 11 is 0. The van der Waals surface area contributed by atoms with Gasteiger partial charge in [-0.05, 0) is 38.5 Å². The van der Waals surface area contributed by atoms with E-state index in [1.54, 1.807) is 6.08 Å². The van der Waals surface area contributed by atoms with E-state index in [4.69, 9.17) is 14.5 Å². The summed E-state index contributed by atoms with van der Waals surface area (Å²) < 4.78 is 5.41. The minimum absolute atomic E-state index is 0.151. The summed E-state index contributed by atoms with van der Waals surface area (Å²) in [4.78, 5) is 21.6. The average molecular weight is 419 g/mol. The number of rotatable bonds is 21. The van der Waals surface area contributed by atoms with Crippen molar-refractivity contribution in [3.8, 4) is 0 Å². The number of ether oxygens (including phenoxy) is 1. The monoisotopic (exact) mass is 418 g/mol. The highest BCUT2D eigenvalue weighted by atomic mass is 17.2. The van der Waals surface area contributed by atoms with Crippen molar-refractivity contribution in [1.82, 2.24) is 0 Å². The Bertz CT molecular complexity index is 515. The molecule has 30 heavy (non-hydrogen) atoms. The second-order valence-electron chi connectivity index (χ2n) is 7.32. The first kappa shape index (κ1) is 28.0. The Morgan fingerprint density at radius 3 is 2.30 bits per heavy atom. The minimum atomic E-state index is -0.383. The molecule has 0 saturated carbocycles. The van der Waals surface area contributed by atoms with Crippen LogP contribution in [0, 0.1) is 0 Å². The summed E-state index contributed by atoms with van der Waals surface area (Å²) in [6, 6.07) is 0. The molecule has 4 nitrogen and oxygen atoms in total. The van der Waals surface area contributed by atoms with E-state index in [1.165, 1.54) is 44.8 Å². The van der Waals surface area contributed by atoms with E-state index in [2.05, 4.69) is 50.1 Å². The van der Waals surface area contributed by atoms with Crippen LogP contribution in [-0.4, -0.2) is 18.7 Å². The van der Waals surface area contributed by atoms with Gasteiger partial charge in [-0.1, -0.05) is 81.7 Å².